The van der Waals surface area contributed by atoms with Crippen molar-refractivity contribution < 1.29 is 13.2 Å². The molecule has 6 nitrogen and oxygen atoms in total. The number of carbonyl (C=O) groups is 1. The Labute approximate surface area is 141 Å². The van der Waals surface area contributed by atoms with Crippen LogP contribution in [0.25, 0.3) is 0 Å². The summed E-state index contributed by atoms with van der Waals surface area (Å²) in [7, 11) is -3.34. The molecule has 24 heavy (non-hydrogen) atoms. The summed E-state index contributed by atoms with van der Waals surface area (Å²) in [5, 5.41) is 0. The molecule has 1 aliphatic rings. The van der Waals surface area contributed by atoms with Crippen molar-refractivity contribution in [1.82, 2.24) is 14.9 Å². The second-order valence-electron chi connectivity index (χ2n) is 5.94. The molecule has 7 heteroatoms. The molecule has 3 rings (SSSR count). The molecule has 0 aliphatic carbocycles. The van der Waals surface area contributed by atoms with Gasteiger partial charge in [-0.15, -0.1) is 0 Å². The number of piperidine rings is 1. The third kappa shape index (κ3) is 3.79. The number of nitrogens with zero attached hydrogens (tertiary/aromatic N) is 3. The Bertz CT molecular complexity index is 794. The molecule has 0 saturated carbocycles. The zero-order valence-electron chi connectivity index (χ0n) is 13.2. The van der Waals surface area contributed by atoms with E-state index in [9.17, 15) is 13.2 Å². The van der Waals surface area contributed by atoms with Gasteiger partial charge in [-0.05, 0) is 30.9 Å². The molecule has 1 amide bonds. The number of rotatable bonds is 4. The van der Waals surface area contributed by atoms with E-state index in [0.717, 1.165) is 12.8 Å². The number of hydrogen-bond acceptors (Lipinski definition) is 5. The molecule has 0 N–H and O–H groups in total. The number of aromatic nitrogens is 2. The van der Waals surface area contributed by atoms with Crippen molar-refractivity contribution in [3.05, 3.63) is 54.6 Å². The third-order valence-electron chi connectivity index (χ3n) is 4.15. The summed E-state index contributed by atoms with van der Waals surface area (Å²) in [6.07, 6.45) is 6.03. The molecule has 1 unspecified atom stereocenters. The lowest BCUT2D eigenvalue weighted by Gasteiger charge is -2.32. The van der Waals surface area contributed by atoms with Gasteiger partial charge in [-0.2, -0.15) is 0 Å². The van der Waals surface area contributed by atoms with E-state index in [1.54, 1.807) is 35.2 Å². The van der Waals surface area contributed by atoms with E-state index in [2.05, 4.69) is 9.97 Å². The van der Waals surface area contributed by atoms with Gasteiger partial charge in [-0.1, -0.05) is 18.2 Å². The molecule has 1 atom stereocenters. The SMILES string of the molecule is O=C(c1cnccn1)N1CCCC(CS(=O)(=O)c2ccccc2)C1. The minimum atomic E-state index is -3.34. The summed E-state index contributed by atoms with van der Waals surface area (Å²) in [5.74, 6) is -0.198. The van der Waals surface area contributed by atoms with Crippen LogP contribution in [0.5, 0.6) is 0 Å². The van der Waals surface area contributed by atoms with Gasteiger partial charge in [0, 0.05) is 25.5 Å². The molecule has 1 aromatic heterocycles. The Morgan fingerprint density at radius 1 is 1.21 bits per heavy atom. The van der Waals surface area contributed by atoms with Crippen LogP contribution in [0.1, 0.15) is 23.3 Å². The van der Waals surface area contributed by atoms with Crippen molar-refractivity contribution in [2.75, 3.05) is 18.8 Å². The van der Waals surface area contributed by atoms with Gasteiger partial charge in [0.2, 0.25) is 0 Å². The number of amides is 1. The van der Waals surface area contributed by atoms with Crippen LogP contribution in [0.15, 0.2) is 53.8 Å². The molecule has 1 aromatic carbocycles. The van der Waals surface area contributed by atoms with Crippen LogP contribution in [0.2, 0.25) is 0 Å². The number of benzene rings is 1. The van der Waals surface area contributed by atoms with Crippen LogP contribution in [-0.2, 0) is 9.84 Å². The fourth-order valence-electron chi connectivity index (χ4n) is 2.99. The average Bonchev–Trinajstić information content (AvgIpc) is 2.62. The summed E-state index contributed by atoms with van der Waals surface area (Å²) in [6, 6.07) is 8.46. The lowest BCUT2D eigenvalue weighted by atomic mass is 10.00. The molecule has 2 heterocycles. The van der Waals surface area contributed by atoms with Crippen molar-refractivity contribution in [2.45, 2.75) is 17.7 Å². The zero-order valence-corrected chi connectivity index (χ0v) is 14.0. The van der Waals surface area contributed by atoms with Crippen LogP contribution in [-0.4, -0.2) is 48.0 Å². The lowest BCUT2D eigenvalue weighted by Crippen LogP contribution is -2.42. The quantitative estimate of drug-likeness (QED) is 0.844. The minimum Gasteiger partial charge on any atom is -0.337 e. The van der Waals surface area contributed by atoms with Crippen molar-refractivity contribution >= 4 is 15.7 Å². The number of likely N-dealkylation sites (tertiary alicyclic amines) is 1. The third-order valence-corrected chi connectivity index (χ3v) is 6.05. The van der Waals surface area contributed by atoms with E-state index in [-0.39, 0.29) is 17.6 Å². The first-order valence-electron chi connectivity index (χ1n) is 7.89. The minimum absolute atomic E-state index is 0.0568. The maximum absolute atomic E-state index is 12.5. The van der Waals surface area contributed by atoms with Gasteiger partial charge in [0.15, 0.2) is 9.84 Å². The van der Waals surface area contributed by atoms with Gasteiger partial charge in [-0.25, -0.2) is 13.4 Å². The first-order valence-corrected chi connectivity index (χ1v) is 9.54. The van der Waals surface area contributed by atoms with Crippen LogP contribution < -0.4 is 0 Å². The Kier molecular flexibility index (Phi) is 4.89. The maximum atomic E-state index is 12.5. The lowest BCUT2D eigenvalue weighted by molar-refractivity contribution is 0.0678. The van der Waals surface area contributed by atoms with Crippen molar-refractivity contribution in [2.24, 2.45) is 5.92 Å². The van der Waals surface area contributed by atoms with E-state index in [0.29, 0.717) is 23.7 Å². The Morgan fingerprint density at radius 2 is 2.00 bits per heavy atom. The van der Waals surface area contributed by atoms with Gasteiger partial charge in [-0.3, -0.25) is 9.78 Å². The molecule has 0 radical (unpaired) electrons. The van der Waals surface area contributed by atoms with Gasteiger partial charge >= 0.3 is 0 Å². The first kappa shape index (κ1) is 16.6. The molecule has 1 fully saturated rings. The van der Waals surface area contributed by atoms with E-state index in [4.69, 9.17) is 0 Å². The highest BCUT2D eigenvalue weighted by Crippen LogP contribution is 2.22. The molecule has 0 bridgehead atoms. The number of carbonyl (C=O) groups excluding carboxylic acids is 1. The molecule has 1 aliphatic heterocycles. The highest BCUT2D eigenvalue weighted by Gasteiger charge is 2.29. The van der Waals surface area contributed by atoms with Gasteiger partial charge in [0.1, 0.15) is 5.69 Å². The normalized spacial score (nSPS) is 18.3. The van der Waals surface area contributed by atoms with Crippen LogP contribution in [0, 0.1) is 5.92 Å². The molecular weight excluding hydrogens is 326 g/mol. The summed E-state index contributed by atoms with van der Waals surface area (Å²) in [5.41, 5.74) is 0.295. The molecule has 1 saturated heterocycles. The van der Waals surface area contributed by atoms with Crippen molar-refractivity contribution in [3.63, 3.8) is 0 Å². The second-order valence-corrected chi connectivity index (χ2v) is 7.98. The summed E-state index contributed by atoms with van der Waals surface area (Å²) in [4.78, 5) is 22.4. The smallest absolute Gasteiger partial charge is 0.274 e. The van der Waals surface area contributed by atoms with Gasteiger partial charge in [0.05, 0.1) is 16.8 Å². The summed E-state index contributed by atoms with van der Waals surface area (Å²) < 4.78 is 25.0. The monoisotopic (exact) mass is 345 g/mol. The predicted octanol–water partition coefficient (Wildman–Crippen LogP) is 1.80. The fourth-order valence-corrected chi connectivity index (χ4v) is 4.65. The molecule has 126 valence electrons. The van der Waals surface area contributed by atoms with Crippen LogP contribution in [0.3, 0.4) is 0 Å². The Morgan fingerprint density at radius 3 is 2.71 bits per heavy atom. The average molecular weight is 345 g/mol. The Hall–Kier alpha value is -2.28. The first-order chi connectivity index (χ1) is 11.6. The van der Waals surface area contributed by atoms with Crippen LogP contribution >= 0.6 is 0 Å². The predicted molar refractivity (Wildman–Crippen MR) is 89.2 cm³/mol. The topological polar surface area (TPSA) is 80.2 Å². The standard InChI is InChI=1S/C17H19N3O3S/c21-17(16-11-18-8-9-19-16)20-10-4-5-14(12-20)13-24(22,23)15-6-2-1-3-7-15/h1-3,6-9,11,14H,4-5,10,12-13H2. The van der Waals surface area contributed by atoms with Crippen molar-refractivity contribution in [1.29, 1.82) is 0 Å². The van der Waals surface area contributed by atoms with E-state index >= 15 is 0 Å². The van der Waals surface area contributed by atoms with Gasteiger partial charge < -0.3 is 4.90 Å². The van der Waals surface area contributed by atoms with E-state index in [1.165, 1.54) is 18.6 Å². The van der Waals surface area contributed by atoms with Gasteiger partial charge in [0.25, 0.3) is 5.91 Å². The number of hydrogen-bond donors (Lipinski definition) is 0. The fraction of sp³-hybridized carbons (Fsp3) is 0.353. The summed E-state index contributed by atoms with van der Waals surface area (Å²) in [6.45, 7) is 1.05. The van der Waals surface area contributed by atoms with E-state index < -0.39 is 9.84 Å². The van der Waals surface area contributed by atoms with E-state index in [1.807, 2.05) is 0 Å². The molecule has 0 spiro atoms. The number of sulfone groups is 1. The van der Waals surface area contributed by atoms with Crippen LogP contribution in [0.4, 0.5) is 0 Å². The Balaban J connectivity index is 1.69. The zero-order chi connectivity index (χ0) is 17.0. The summed E-state index contributed by atoms with van der Waals surface area (Å²) >= 11 is 0. The van der Waals surface area contributed by atoms with Crippen molar-refractivity contribution in [3.8, 4) is 0 Å². The highest BCUT2D eigenvalue weighted by molar-refractivity contribution is 7.91. The second kappa shape index (κ2) is 7.09. The highest BCUT2D eigenvalue weighted by atomic mass is 32.2. The largest absolute Gasteiger partial charge is 0.337 e. The maximum Gasteiger partial charge on any atom is 0.274 e. The molecule has 2 aromatic rings. The molecular formula is C17H19N3O3S.